The smallest absolute Gasteiger partial charge is 0.0540 e. The average molecular weight is 309 g/mol. The molecule has 1 heteroatoms. The Hall–Kier alpha value is -2.80. The van der Waals surface area contributed by atoms with Gasteiger partial charge in [0.2, 0.25) is 0 Å². The minimum absolute atomic E-state index is 1.13. The van der Waals surface area contributed by atoms with Crippen LogP contribution in [-0.2, 0) is 6.42 Å². The Balaban J connectivity index is 1.96. The molecule has 116 valence electrons. The summed E-state index contributed by atoms with van der Waals surface area (Å²) in [6.07, 6.45) is 6.86. The van der Waals surface area contributed by atoms with Crippen molar-refractivity contribution in [1.29, 1.82) is 0 Å². The summed E-state index contributed by atoms with van der Waals surface area (Å²) in [6.45, 7) is 2.19. The first-order valence-corrected chi connectivity index (χ1v) is 8.62. The van der Waals surface area contributed by atoms with Crippen molar-refractivity contribution in [3.05, 3.63) is 83.6 Å². The Kier molecular flexibility index (Phi) is 2.90. The largest absolute Gasteiger partial charge is 0.309 e. The molecule has 0 radical (unpaired) electrons. The highest BCUT2D eigenvalue weighted by molar-refractivity contribution is 5.97. The molecule has 1 aliphatic rings. The van der Waals surface area contributed by atoms with Crippen molar-refractivity contribution in [2.45, 2.75) is 19.8 Å². The lowest BCUT2D eigenvalue weighted by atomic mass is 10.0. The van der Waals surface area contributed by atoms with Gasteiger partial charge in [0.05, 0.1) is 11.2 Å². The number of aryl methyl sites for hydroxylation is 2. The van der Waals surface area contributed by atoms with Gasteiger partial charge in [-0.15, -0.1) is 0 Å². The first-order valence-electron chi connectivity index (χ1n) is 8.62. The maximum atomic E-state index is 2.45. The molecule has 0 aliphatic heterocycles. The van der Waals surface area contributed by atoms with Crippen LogP contribution >= 0.6 is 0 Å². The summed E-state index contributed by atoms with van der Waals surface area (Å²) in [5.74, 6) is 0. The van der Waals surface area contributed by atoms with Crippen LogP contribution in [0.1, 0.15) is 23.2 Å². The van der Waals surface area contributed by atoms with Gasteiger partial charge < -0.3 is 4.57 Å². The molecule has 0 spiro atoms. The Morgan fingerprint density at radius 3 is 2.42 bits per heavy atom. The van der Waals surface area contributed by atoms with Crippen molar-refractivity contribution in [3.63, 3.8) is 0 Å². The second-order valence-electron chi connectivity index (χ2n) is 6.60. The molecule has 0 fully saturated rings. The number of hydrogen-bond acceptors (Lipinski definition) is 0. The molecule has 0 unspecified atom stereocenters. The van der Waals surface area contributed by atoms with E-state index in [-0.39, 0.29) is 0 Å². The predicted octanol–water partition coefficient (Wildman–Crippen LogP) is 6.05. The van der Waals surface area contributed by atoms with Gasteiger partial charge in [0, 0.05) is 16.5 Å². The minimum Gasteiger partial charge on any atom is -0.309 e. The third kappa shape index (κ3) is 1.81. The fraction of sp³-hybridized carbons (Fsp3) is 0.130. The van der Waals surface area contributed by atoms with Crippen LogP contribution in [0.4, 0.5) is 0 Å². The molecular formula is C23H19N. The highest BCUT2D eigenvalue weighted by atomic mass is 15.0. The number of hydrogen-bond donors (Lipinski definition) is 0. The van der Waals surface area contributed by atoms with E-state index in [0.717, 1.165) is 12.8 Å². The number of para-hydroxylation sites is 1. The van der Waals surface area contributed by atoms with Gasteiger partial charge in [-0.3, -0.25) is 0 Å². The van der Waals surface area contributed by atoms with Crippen molar-refractivity contribution < 1.29 is 0 Å². The van der Waals surface area contributed by atoms with Gasteiger partial charge in [-0.1, -0.05) is 54.6 Å². The molecule has 0 atom stereocenters. The van der Waals surface area contributed by atoms with E-state index >= 15 is 0 Å². The number of rotatable bonds is 1. The number of aromatic nitrogens is 1. The van der Waals surface area contributed by atoms with Crippen LogP contribution < -0.4 is 0 Å². The highest BCUT2D eigenvalue weighted by Gasteiger charge is 2.19. The van der Waals surface area contributed by atoms with E-state index in [2.05, 4.69) is 84.3 Å². The molecule has 0 saturated heterocycles. The molecule has 0 saturated carbocycles. The fourth-order valence-corrected chi connectivity index (χ4v) is 4.08. The van der Waals surface area contributed by atoms with E-state index < -0.39 is 0 Å². The third-order valence-electron chi connectivity index (χ3n) is 5.22. The summed E-state index contributed by atoms with van der Waals surface area (Å²) in [7, 11) is 0. The maximum absolute atomic E-state index is 2.45. The first-order chi connectivity index (χ1) is 11.8. The molecule has 1 heterocycles. The van der Waals surface area contributed by atoms with Gasteiger partial charge in [-0.05, 0) is 54.5 Å². The topological polar surface area (TPSA) is 4.93 Å². The van der Waals surface area contributed by atoms with E-state index in [1.807, 2.05) is 0 Å². The molecule has 1 nitrogen and oxygen atoms in total. The Morgan fingerprint density at radius 1 is 0.792 bits per heavy atom. The lowest BCUT2D eigenvalue weighted by Crippen LogP contribution is -2.01. The maximum Gasteiger partial charge on any atom is 0.0540 e. The summed E-state index contributed by atoms with van der Waals surface area (Å²) in [5, 5.41) is 4.04. The highest BCUT2D eigenvalue weighted by Crippen LogP contribution is 2.36. The monoisotopic (exact) mass is 309 g/mol. The molecule has 5 rings (SSSR count). The van der Waals surface area contributed by atoms with Gasteiger partial charge in [-0.2, -0.15) is 0 Å². The zero-order chi connectivity index (χ0) is 16.1. The fourth-order valence-electron chi connectivity index (χ4n) is 4.08. The summed E-state index contributed by atoms with van der Waals surface area (Å²) < 4.78 is 2.45. The van der Waals surface area contributed by atoms with Gasteiger partial charge >= 0.3 is 0 Å². The van der Waals surface area contributed by atoms with E-state index in [0.29, 0.717) is 0 Å². The van der Waals surface area contributed by atoms with Crippen LogP contribution in [0.25, 0.3) is 33.4 Å². The van der Waals surface area contributed by atoms with Gasteiger partial charge in [0.15, 0.2) is 0 Å². The van der Waals surface area contributed by atoms with Crippen LogP contribution in [0.5, 0.6) is 0 Å². The van der Waals surface area contributed by atoms with Gasteiger partial charge in [0.1, 0.15) is 0 Å². The van der Waals surface area contributed by atoms with Crippen molar-refractivity contribution >= 4 is 27.8 Å². The average Bonchev–Trinajstić information content (AvgIpc) is 2.97. The summed E-state index contributed by atoms with van der Waals surface area (Å²) >= 11 is 0. The SMILES string of the molecule is Cc1ccc(-n2c3c(c4ccccc42)CCC=C3)c2ccccc12. The third-order valence-corrected chi connectivity index (χ3v) is 5.22. The van der Waals surface area contributed by atoms with Gasteiger partial charge in [0.25, 0.3) is 0 Å². The number of allylic oxidation sites excluding steroid dienone is 1. The predicted molar refractivity (Wildman–Crippen MR) is 103 cm³/mol. The Labute approximate surface area is 141 Å². The van der Waals surface area contributed by atoms with Crippen molar-refractivity contribution in [3.8, 4) is 5.69 Å². The number of benzene rings is 3. The van der Waals surface area contributed by atoms with E-state index in [1.54, 1.807) is 0 Å². The summed E-state index contributed by atoms with van der Waals surface area (Å²) in [6, 6.07) is 22.0. The standard InChI is InChI=1S/C23H19N/c1-16-14-15-23(18-9-3-2-8-17(16)18)24-21-12-6-4-10-19(21)20-11-5-7-13-22(20)24/h2-4,6-10,12-15H,5,11H2,1H3. The quantitative estimate of drug-likeness (QED) is 0.403. The number of fused-ring (bicyclic) bond motifs is 4. The van der Waals surface area contributed by atoms with E-state index in [1.165, 1.54) is 44.2 Å². The molecule has 24 heavy (non-hydrogen) atoms. The molecule has 0 amide bonds. The van der Waals surface area contributed by atoms with Gasteiger partial charge in [-0.25, -0.2) is 0 Å². The lowest BCUT2D eigenvalue weighted by molar-refractivity contribution is 0.969. The van der Waals surface area contributed by atoms with Crippen LogP contribution in [0.15, 0.2) is 66.7 Å². The summed E-state index contributed by atoms with van der Waals surface area (Å²) in [5.41, 5.74) is 6.74. The van der Waals surface area contributed by atoms with E-state index in [4.69, 9.17) is 0 Å². The summed E-state index contributed by atoms with van der Waals surface area (Å²) in [4.78, 5) is 0. The molecule has 1 aromatic heterocycles. The molecule has 1 aliphatic carbocycles. The van der Waals surface area contributed by atoms with Crippen LogP contribution in [0.2, 0.25) is 0 Å². The zero-order valence-electron chi connectivity index (χ0n) is 13.8. The Morgan fingerprint density at radius 2 is 1.54 bits per heavy atom. The van der Waals surface area contributed by atoms with Crippen molar-refractivity contribution in [2.24, 2.45) is 0 Å². The van der Waals surface area contributed by atoms with E-state index in [9.17, 15) is 0 Å². The first kappa shape index (κ1) is 13.6. The van der Waals surface area contributed by atoms with Crippen molar-refractivity contribution in [1.82, 2.24) is 4.57 Å². The number of nitrogens with zero attached hydrogens (tertiary/aromatic N) is 1. The molecular weight excluding hydrogens is 290 g/mol. The second kappa shape index (κ2) is 5.10. The molecule has 4 aromatic rings. The molecule has 0 bridgehead atoms. The Bertz CT molecular complexity index is 1110. The second-order valence-corrected chi connectivity index (χ2v) is 6.60. The van der Waals surface area contributed by atoms with Crippen molar-refractivity contribution in [2.75, 3.05) is 0 Å². The molecule has 3 aromatic carbocycles. The lowest BCUT2D eigenvalue weighted by Gasteiger charge is -2.15. The minimum atomic E-state index is 1.13. The molecule has 0 N–H and O–H groups in total. The zero-order valence-corrected chi connectivity index (χ0v) is 13.8. The van der Waals surface area contributed by atoms with Crippen LogP contribution in [0.3, 0.4) is 0 Å². The normalized spacial score (nSPS) is 13.5. The van der Waals surface area contributed by atoms with Crippen LogP contribution in [0, 0.1) is 6.92 Å². The van der Waals surface area contributed by atoms with Crippen LogP contribution in [-0.4, -0.2) is 4.57 Å².